The van der Waals surface area contributed by atoms with Gasteiger partial charge in [-0.25, -0.2) is 0 Å². The maximum absolute atomic E-state index is 10.4. The van der Waals surface area contributed by atoms with Gasteiger partial charge in [0.25, 0.3) is 11.4 Å². The molecule has 0 aromatic heterocycles. The highest BCUT2D eigenvalue weighted by molar-refractivity contribution is 5.52. The topological polar surface area (TPSA) is 86.3 Å². The summed E-state index contributed by atoms with van der Waals surface area (Å²) in [5.74, 6) is 0. The van der Waals surface area contributed by atoms with E-state index >= 15 is 0 Å². The number of hydrogen-bond donors (Lipinski definition) is 0. The third-order valence-corrected chi connectivity index (χ3v) is 1.67. The molecule has 0 unspecified atom stereocenters. The second-order valence-electron chi connectivity index (χ2n) is 2.44. The zero-order chi connectivity index (χ0) is 14.0. The van der Waals surface area contributed by atoms with E-state index in [1.54, 1.807) is 0 Å². The first kappa shape index (κ1) is 17.4. The fraction of sp³-hybridized carbons (Fsp3) is 0.455. The van der Waals surface area contributed by atoms with Gasteiger partial charge < -0.3 is 0 Å². The summed E-state index contributed by atoms with van der Waals surface area (Å²) in [4.78, 5) is 19.5. The smallest absolute Gasteiger partial charge is 0.258 e. The van der Waals surface area contributed by atoms with Crippen molar-refractivity contribution in [1.82, 2.24) is 0 Å². The zero-order valence-corrected chi connectivity index (χ0v) is 10.8. The summed E-state index contributed by atoms with van der Waals surface area (Å²) in [7, 11) is 0. The lowest BCUT2D eigenvalue weighted by Gasteiger charge is -1.96. The van der Waals surface area contributed by atoms with Gasteiger partial charge in [0.1, 0.15) is 5.56 Å². The Morgan fingerprint density at radius 1 is 0.882 bits per heavy atom. The molecule has 6 nitrogen and oxygen atoms in total. The lowest BCUT2D eigenvalue weighted by molar-refractivity contribution is -0.395. The molecule has 0 fully saturated rings. The summed E-state index contributed by atoms with van der Waals surface area (Å²) in [6, 6.07) is 3.77. The van der Waals surface area contributed by atoms with E-state index in [1.165, 1.54) is 25.1 Å². The first-order valence-corrected chi connectivity index (χ1v) is 5.42. The number of rotatable bonds is 2. The highest BCUT2D eigenvalue weighted by atomic mass is 16.6. The standard InChI is InChI=1S/C7H6N2O4.2C2H6/c1-5-6(8(10)11)3-2-4-7(5)9(12)13;2*1-2/h2-4H,1H3;2*1-2H3. The van der Waals surface area contributed by atoms with E-state index in [0.717, 1.165) is 0 Å². The van der Waals surface area contributed by atoms with E-state index in [0.29, 0.717) is 0 Å². The summed E-state index contributed by atoms with van der Waals surface area (Å²) >= 11 is 0. The van der Waals surface area contributed by atoms with Gasteiger partial charge in [-0.15, -0.1) is 0 Å². The molecule has 1 rings (SSSR count). The molecule has 0 amide bonds. The van der Waals surface area contributed by atoms with Crippen LogP contribution in [0.3, 0.4) is 0 Å². The summed E-state index contributed by atoms with van der Waals surface area (Å²) in [5, 5.41) is 20.8. The third-order valence-electron chi connectivity index (χ3n) is 1.67. The van der Waals surface area contributed by atoms with Crippen molar-refractivity contribution in [2.45, 2.75) is 34.6 Å². The number of benzene rings is 1. The molecule has 6 heteroatoms. The summed E-state index contributed by atoms with van der Waals surface area (Å²) < 4.78 is 0. The average molecular weight is 242 g/mol. The Hall–Kier alpha value is -1.98. The molecule has 0 spiro atoms. The summed E-state index contributed by atoms with van der Waals surface area (Å²) in [6.07, 6.45) is 0. The molecule has 0 radical (unpaired) electrons. The molecule has 0 aliphatic carbocycles. The SMILES string of the molecule is CC.CC.Cc1c([N+](=O)[O-])cccc1[N+](=O)[O-]. The van der Waals surface area contributed by atoms with Gasteiger partial charge in [0.05, 0.1) is 9.85 Å². The Balaban J connectivity index is 0. The molecular formula is C11H18N2O4. The molecular weight excluding hydrogens is 224 g/mol. The van der Waals surface area contributed by atoms with Crippen molar-refractivity contribution in [3.8, 4) is 0 Å². The van der Waals surface area contributed by atoms with Gasteiger partial charge in [-0.05, 0) is 13.0 Å². The van der Waals surface area contributed by atoms with Crippen molar-refractivity contribution in [3.63, 3.8) is 0 Å². The lowest BCUT2D eigenvalue weighted by atomic mass is 10.1. The van der Waals surface area contributed by atoms with Crippen LogP contribution in [0, 0.1) is 27.2 Å². The average Bonchev–Trinajstić information content (AvgIpc) is 2.33. The highest BCUT2D eigenvalue weighted by Gasteiger charge is 2.19. The second kappa shape index (κ2) is 9.26. The number of hydrogen-bond acceptors (Lipinski definition) is 4. The van der Waals surface area contributed by atoms with Crippen molar-refractivity contribution in [2.24, 2.45) is 0 Å². The minimum atomic E-state index is -0.637. The number of nitro groups is 2. The third kappa shape index (κ3) is 5.05. The van der Waals surface area contributed by atoms with Gasteiger partial charge >= 0.3 is 0 Å². The molecule has 0 N–H and O–H groups in total. The van der Waals surface area contributed by atoms with E-state index in [1.807, 2.05) is 27.7 Å². The van der Waals surface area contributed by atoms with Gasteiger partial charge in [0.15, 0.2) is 0 Å². The van der Waals surface area contributed by atoms with Crippen molar-refractivity contribution in [3.05, 3.63) is 44.0 Å². The van der Waals surface area contributed by atoms with Crippen molar-refractivity contribution in [1.29, 1.82) is 0 Å². The molecule has 0 bridgehead atoms. The quantitative estimate of drug-likeness (QED) is 0.582. The van der Waals surface area contributed by atoms with Gasteiger partial charge in [0, 0.05) is 12.1 Å². The molecule has 0 saturated carbocycles. The van der Waals surface area contributed by atoms with Crippen LogP contribution in [-0.4, -0.2) is 9.85 Å². The van der Waals surface area contributed by atoms with Crippen LogP contribution in [0.5, 0.6) is 0 Å². The van der Waals surface area contributed by atoms with Crippen LogP contribution in [0.1, 0.15) is 33.3 Å². The zero-order valence-electron chi connectivity index (χ0n) is 10.8. The first-order chi connectivity index (χ1) is 8.04. The molecule has 0 aliphatic heterocycles. The monoisotopic (exact) mass is 242 g/mol. The Kier molecular flexibility index (Phi) is 9.49. The molecule has 0 atom stereocenters. The Morgan fingerprint density at radius 3 is 1.41 bits per heavy atom. The first-order valence-electron chi connectivity index (χ1n) is 5.42. The molecule has 1 aromatic rings. The van der Waals surface area contributed by atoms with E-state index in [-0.39, 0.29) is 16.9 Å². The van der Waals surface area contributed by atoms with Crippen LogP contribution >= 0.6 is 0 Å². The Morgan fingerprint density at radius 2 is 1.18 bits per heavy atom. The van der Waals surface area contributed by atoms with Crippen LogP contribution in [0.2, 0.25) is 0 Å². The largest absolute Gasteiger partial charge is 0.279 e. The van der Waals surface area contributed by atoms with Gasteiger partial charge in [-0.2, -0.15) is 0 Å². The van der Waals surface area contributed by atoms with Crippen LogP contribution in [0.4, 0.5) is 11.4 Å². The predicted molar refractivity (Wildman–Crippen MR) is 67.2 cm³/mol. The second-order valence-corrected chi connectivity index (χ2v) is 2.44. The summed E-state index contributed by atoms with van der Waals surface area (Å²) in [6.45, 7) is 9.36. The van der Waals surface area contributed by atoms with E-state index < -0.39 is 9.85 Å². The molecule has 17 heavy (non-hydrogen) atoms. The minimum Gasteiger partial charge on any atom is -0.258 e. The normalized spacial score (nSPS) is 8.06. The van der Waals surface area contributed by atoms with Gasteiger partial charge in [-0.3, -0.25) is 20.2 Å². The molecule has 96 valence electrons. The Bertz CT molecular complexity index is 345. The molecule has 0 saturated heterocycles. The van der Waals surface area contributed by atoms with Gasteiger partial charge in [-0.1, -0.05) is 27.7 Å². The number of nitrogens with zero attached hydrogens (tertiary/aromatic N) is 2. The molecule has 0 aliphatic rings. The van der Waals surface area contributed by atoms with E-state index in [9.17, 15) is 20.2 Å². The fourth-order valence-electron chi connectivity index (χ4n) is 1.01. The maximum Gasteiger partial charge on any atom is 0.279 e. The van der Waals surface area contributed by atoms with Crippen molar-refractivity contribution < 1.29 is 9.85 Å². The highest BCUT2D eigenvalue weighted by Crippen LogP contribution is 2.26. The van der Waals surface area contributed by atoms with Crippen LogP contribution in [0.15, 0.2) is 18.2 Å². The molecule has 1 aromatic carbocycles. The number of nitro benzene ring substituents is 2. The molecule has 0 heterocycles. The summed E-state index contributed by atoms with van der Waals surface area (Å²) in [5.41, 5.74) is -0.374. The van der Waals surface area contributed by atoms with Gasteiger partial charge in [0.2, 0.25) is 0 Å². The van der Waals surface area contributed by atoms with E-state index in [2.05, 4.69) is 0 Å². The van der Waals surface area contributed by atoms with Crippen LogP contribution in [0.25, 0.3) is 0 Å². The van der Waals surface area contributed by atoms with Crippen LogP contribution < -0.4 is 0 Å². The Labute approximate surface area is 101 Å². The fourth-order valence-corrected chi connectivity index (χ4v) is 1.01. The van der Waals surface area contributed by atoms with E-state index in [4.69, 9.17) is 0 Å². The predicted octanol–water partition coefficient (Wildman–Crippen LogP) is 3.86. The van der Waals surface area contributed by atoms with Crippen molar-refractivity contribution in [2.75, 3.05) is 0 Å². The maximum atomic E-state index is 10.4. The lowest BCUT2D eigenvalue weighted by Crippen LogP contribution is -1.96. The minimum absolute atomic E-state index is 0.0810. The van der Waals surface area contributed by atoms with Crippen LogP contribution in [-0.2, 0) is 0 Å². The van der Waals surface area contributed by atoms with Crippen molar-refractivity contribution >= 4 is 11.4 Å².